The molecule has 0 aliphatic carbocycles. The van der Waals surface area contributed by atoms with Crippen LogP contribution in [0.5, 0.6) is 0 Å². The number of anilines is 2. The average Bonchev–Trinajstić information content (AvgIpc) is 2.61. The lowest BCUT2D eigenvalue weighted by molar-refractivity contribution is 0.0944. The number of hydrogen-bond acceptors (Lipinski definition) is 4. The van der Waals surface area contributed by atoms with Crippen molar-refractivity contribution in [2.45, 2.75) is 27.7 Å². The van der Waals surface area contributed by atoms with Gasteiger partial charge in [-0.2, -0.15) is 0 Å². The summed E-state index contributed by atoms with van der Waals surface area (Å²) in [5.74, 6) is 0.145. The van der Waals surface area contributed by atoms with E-state index in [0.717, 1.165) is 18.1 Å². The van der Waals surface area contributed by atoms with Crippen LogP contribution in [0.3, 0.4) is 0 Å². The van der Waals surface area contributed by atoms with Crippen LogP contribution in [0.25, 0.3) is 0 Å². The molecule has 0 aliphatic rings. The van der Waals surface area contributed by atoms with Crippen LogP contribution in [0.2, 0.25) is 0 Å². The maximum absolute atomic E-state index is 11.9. The lowest BCUT2D eigenvalue weighted by Gasteiger charge is -2.17. The molecule has 0 saturated heterocycles. The Morgan fingerprint density at radius 2 is 2.00 bits per heavy atom. The van der Waals surface area contributed by atoms with Crippen molar-refractivity contribution in [2.75, 3.05) is 23.7 Å². The molecule has 0 spiro atoms. The number of carbonyl (C=O) groups is 1. The maximum atomic E-state index is 11.9. The third kappa shape index (κ3) is 2.55. The van der Waals surface area contributed by atoms with Crippen LogP contribution in [0.15, 0.2) is 6.07 Å². The summed E-state index contributed by atoms with van der Waals surface area (Å²) in [4.78, 5) is 14.8. The van der Waals surface area contributed by atoms with Gasteiger partial charge in [-0.15, -0.1) is 11.3 Å². The van der Waals surface area contributed by atoms with Gasteiger partial charge in [-0.3, -0.25) is 4.79 Å². The molecule has 2 N–H and O–H groups in total. The van der Waals surface area contributed by atoms with Crippen molar-refractivity contribution in [2.24, 2.45) is 5.92 Å². The van der Waals surface area contributed by atoms with Gasteiger partial charge in [0.25, 0.3) is 0 Å². The van der Waals surface area contributed by atoms with Crippen molar-refractivity contribution >= 4 is 27.8 Å². The van der Waals surface area contributed by atoms with E-state index < -0.39 is 0 Å². The smallest absolute Gasteiger partial charge is 0.177 e. The van der Waals surface area contributed by atoms with Crippen LogP contribution < -0.4 is 10.6 Å². The summed E-state index contributed by atoms with van der Waals surface area (Å²) in [7, 11) is 0. The summed E-state index contributed by atoms with van der Waals surface area (Å²) in [6.07, 6.45) is 0. The van der Waals surface area contributed by atoms with Gasteiger partial charge >= 0.3 is 0 Å². The Labute approximate surface area is 101 Å². The highest BCUT2D eigenvalue weighted by atomic mass is 32.1. The molecule has 3 nitrogen and oxygen atoms in total. The van der Waals surface area contributed by atoms with E-state index in [-0.39, 0.29) is 11.7 Å². The zero-order chi connectivity index (χ0) is 12.3. The van der Waals surface area contributed by atoms with E-state index in [1.165, 1.54) is 11.3 Å². The Bertz CT molecular complexity index is 367. The Kier molecular flexibility index (Phi) is 4.35. The van der Waals surface area contributed by atoms with Crippen molar-refractivity contribution in [3.63, 3.8) is 0 Å². The standard InChI is InChI=1S/C12H20N2OS/c1-5-14(6-2)10-7-9(13)12(16-10)11(15)8(3)4/h7-8H,5-6,13H2,1-4H3. The lowest BCUT2D eigenvalue weighted by atomic mass is 10.1. The first-order chi connectivity index (χ1) is 7.51. The third-order valence-corrected chi connectivity index (χ3v) is 3.80. The first-order valence-corrected chi connectivity index (χ1v) is 6.51. The highest BCUT2D eigenvalue weighted by molar-refractivity contribution is 7.18. The normalized spacial score (nSPS) is 10.8. The molecule has 0 aromatic carbocycles. The number of nitrogens with zero attached hydrogens (tertiary/aromatic N) is 1. The van der Waals surface area contributed by atoms with Crippen LogP contribution >= 0.6 is 11.3 Å². The Balaban J connectivity index is 3.02. The van der Waals surface area contributed by atoms with E-state index in [1.54, 1.807) is 0 Å². The number of nitrogens with two attached hydrogens (primary N) is 1. The van der Waals surface area contributed by atoms with Crippen molar-refractivity contribution in [3.05, 3.63) is 10.9 Å². The van der Waals surface area contributed by atoms with Crippen molar-refractivity contribution in [1.82, 2.24) is 0 Å². The predicted octanol–water partition coefficient (Wildman–Crippen LogP) is 3.02. The van der Waals surface area contributed by atoms with Gasteiger partial charge in [0.15, 0.2) is 5.78 Å². The van der Waals surface area contributed by atoms with Gasteiger partial charge in [-0.1, -0.05) is 13.8 Å². The minimum atomic E-state index is 0.00510. The number of Topliss-reactive ketones (excluding diaryl/α,β-unsaturated/α-hetero) is 1. The number of thiophene rings is 1. The van der Waals surface area contributed by atoms with Gasteiger partial charge in [0.2, 0.25) is 0 Å². The summed E-state index contributed by atoms with van der Waals surface area (Å²) >= 11 is 1.50. The molecule has 16 heavy (non-hydrogen) atoms. The fraction of sp³-hybridized carbons (Fsp3) is 0.583. The number of carbonyl (C=O) groups excluding carboxylic acids is 1. The molecule has 0 aliphatic heterocycles. The number of nitrogen functional groups attached to an aromatic ring is 1. The molecule has 0 radical (unpaired) electrons. The number of hydrogen-bond donors (Lipinski definition) is 1. The van der Waals surface area contributed by atoms with Crippen LogP contribution in [-0.2, 0) is 0 Å². The first-order valence-electron chi connectivity index (χ1n) is 5.69. The Hall–Kier alpha value is -1.03. The Morgan fingerprint density at radius 3 is 2.44 bits per heavy atom. The molecule has 0 fully saturated rings. The molecule has 1 aromatic heterocycles. The lowest BCUT2D eigenvalue weighted by Crippen LogP contribution is -2.20. The molecule has 1 heterocycles. The van der Waals surface area contributed by atoms with E-state index in [4.69, 9.17) is 5.73 Å². The summed E-state index contributed by atoms with van der Waals surface area (Å²) in [6, 6.07) is 1.91. The topological polar surface area (TPSA) is 46.3 Å². The predicted molar refractivity (Wildman–Crippen MR) is 71.5 cm³/mol. The SMILES string of the molecule is CCN(CC)c1cc(N)c(C(=O)C(C)C)s1. The van der Waals surface area contributed by atoms with Crippen molar-refractivity contribution in [3.8, 4) is 0 Å². The van der Waals surface area contributed by atoms with Crippen LogP contribution in [0, 0.1) is 5.92 Å². The third-order valence-electron chi connectivity index (χ3n) is 2.57. The summed E-state index contributed by atoms with van der Waals surface area (Å²) < 4.78 is 0. The second kappa shape index (κ2) is 5.34. The summed E-state index contributed by atoms with van der Waals surface area (Å²) in [6.45, 7) is 9.88. The highest BCUT2D eigenvalue weighted by Crippen LogP contribution is 2.33. The Morgan fingerprint density at radius 1 is 1.44 bits per heavy atom. The van der Waals surface area contributed by atoms with E-state index >= 15 is 0 Å². The second-order valence-electron chi connectivity index (χ2n) is 4.06. The fourth-order valence-electron chi connectivity index (χ4n) is 1.54. The molecule has 4 heteroatoms. The zero-order valence-electron chi connectivity index (χ0n) is 10.4. The van der Waals surface area contributed by atoms with Crippen LogP contribution in [0.4, 0.5) is 10.7 Å². The molecule has 0 saturated carbocycles. The van der Waals surface area contributed by atoms with Gasteiger partial charge < -0.3 is 10.6 Å². The largest absolute Gasteiger partial charge is 0.397 e. The van der Waals surface area contributed by atoms with Gasteiger partial charge in [0.05, 0.1) is 15.6 Å². The molecule has 0 unspecified atom stereocenters. The molecule has 0 atom stereocenters. The molecule has 0 amide bonds. The zero-order valence-corrected chi connectivity index (χ0v) is 11.2. The van der Waals surface area contributed by atoms with Crippen LogP contribution in [0.1, 0.15) is 37.4 Å². The van der Waals surface area contributed by atoms with Crippen molar-refractivity contribution in [1.29, 1.82) is 0 Å². The minimum absolute atomic E-state index is 0.00510. The number of ketones is 1. The molecule has 0 bridgehead atoms. The molecular weight excluding hydrogens is 220 g/mol. The van der Waals surface area contributed by atoms with Gasteiger partial charge in [-0.05, 0) is 19.9 Å². The van der Waals surface area contributed by atoms with E-state index in [1.807, 2.05) is 19.9 Å². The quantitative estimate of drug-likeness (QED) is 0.805. The first kappa shape index (κ1) is 13.0. The van der Waals surface area contributed by atoms with Gasteiger partial charge in [-0.25, -0.2) is 0 Å². The molecule has 1 rings (SSSR count). The highest BCUT2D eigenvalue weighted by Gasteiger charge is 2.18. The van der Waals surface area contributed by atoms with E-state index in [0.29, 0.717) is 10.6 Å². The van der Waals surface area contributed by atoms with Crippen molar-refractivity contribution < 1.29 is 4.79 Å². The molecular formula is C12H20N2OS. The average molecular weight is 240 g/mol. The van der Waals surface area contributed by atoms with E-state index in [9.17, 15) is 4.79 Å². The van der Waals surface area contributed by atoms with Gasteiger partial charge in [0.1, 0.15) is 0 Å². The maximum Gasteiger partial charge on any atom is 0.177 e. The van der Waals surface area contributed by atoms with Crippen LogP contribution in [-0.4, -0.2) is 18.9 Å². The fourth-order valence-corrected chi connectivity index (χ4v) is 2.83. The minimum Gasteiger partial charge on any atom is -0.397 e. The molecule has 1 aromatic rings. The monoisotopic (exact) mass is 240 g/mol. The number of rotatable bonds is 5. The second-order valence-corrected chi connectivity index (χ2v) is 5.09. The molecule has 90 valence electrons. The summed E-state index contributed by atoms with van der Waals surface area (Å²) in [5, 5.41) is 1.09. The van der Waals surface area contributed by atoms with E-state index in [2.05, 4.69) is 18.7 Å². The summed E-state index contributed by atoms with van der Waals surface area (Å²) in [5.41, 5.74) is 6.51. The van der Waals surface area contributed by atoms with Gasteiger partial charge in [0, 0.05) is 19.0 Å².